The number of rotatable bonds is 7. The van der Waals surface area contributed by atoms with E-state index in [-0.39, 0.29) is 17.7 Å². The minimum absolute atomic E-state index is 0.152. The smallest absolute Gasteiger partial charge is 0.324 e. The Morgan fingerprint density at radius 2 is 1.83 bits per heavy atom. The van der Waals surface area contributed by atoms with Crippen LogP contribution in [0.1, 0.15) is 32.9 Å². The lowest BCUT2D eigenvalue weighted by molar-refractivity contribution is -0.137. The summed E-state index contributed by atoms with van der Waals surface area (Å²) >= 11 is 0. The highest BCUT2D eigenvalue weighted by molar-refractivity contribution is 6.04. The van der Waals surface area contributed by atoms with Crippen LogP contribution in [0.25, 0.3) is 0 Å². The lowest BCUT2D eigenvalue weighted by atomic mass is 10.1. The Kier molecular flexibility index (Phi) is 6.76. The van der Waals surface area contributed by atoms with Crippen LogP contribution in [0.4, 0.5) is 34.9 Å². The van der Waals surface area contributed by atoms with Crippen LogP contribution in [0.15, 0.2) is 60.9 Å². The molecule has 4 rings (SSSR count). The number of hydrogen-bond acceptors (Lipinski definition) is 5. The predicted molar refractivity (Wildman–Crippen MR) is 122 cm³/mol. The van der Waals surface area contributed by atoms with Crippen molar-refractivity contribution in [3.8, 4) is 0 Å². The Hall–Kier alpha value is -4.28. The van der Waals surface area contributed by atoms with E-state index in [4.69, 9.17) is 0 Å². The van der Waals surface area contributed by atoms with Crippen LogP contribution in [0, 0.1) is 12.7 Å². The van der Waals surface area contributed by atoms with Gasteiger partial charge in [0.2, 0.25) is 0 Å². The number of benzene rings is 2. The summed E-state index contributed by atoms with van der Waals surface area (Å²) in [6.45, 7) is 1.81. The summed E-state index contributed by atoms with van der Waals surface area (Å²) in [5.74, 6) is -0.00810. The number of aromatic nitrogens is 4. The molecule has 35 heavy (non-hydrogen) atoms. The quantitative estimate of drug-likeness (QED) is 0.303. The van der Waals surface area contributed by atoms with E-state index in [2.05, 4.69) is 30.8 Å². The van der Waals surface area contributed by atoms with Gasteiger partial charge in [-0.1, -0.05) is 6.07 Å². The number of nitrogens with one attached hydrogen (secondary N) is 3. The van der Waals surface area contributed by atoms with Crippen LogP contribution in [-0.2, 0) is 19.0 Å². The Balaban J connectivity index is 1.41. The number of carbonyl (C=O) groups is 1. The molecule has 0 spiro atoms. The largest absolute Gasteiger partial charge is 0.416 e. The molecule has 180 valence electrons. The van der Waals surface area contributed by atoms with Crippen molar-refractivity contribution in [2.24, 2.45) is 0 Å². The summed E-state index contributed by atoms with van der Waals surface area (Å²) in [5.41, 5.74) is 0.912. The first kappa shape index (κ1) is 23.9. The van der Waals surface area contributed by atoms with Gasteiger partial charge in [-0.25, -0.2) is 9.37 Å². The lowest BCUT2D eigenvalue weighted by Gasteiger charge is -2.10. The standard InChI is InChI=1S/C24H20F4N6O/c1-14-22(30-10-9-29-14)32-21-13-19(33-34-21)6-5-15-12-18(7-8-20(15)25)31-23(35)16-3-2-4-17(11-16)24(26,27)28/h2-4,7-13H,5-6H2,1H3,(H,31,35)(H2,30,32,33,34). The number of halogens is 4. The van der Waals surface area contributed by atoms with Gasteiger partial charge in [-0.2, -0.15) is 18.3 Å². The molecule has 0 fully saturated rings. The van der Waals surface area contributed by atoms with Gasteiger partial charge in [0.25, 0.3) is 5.91 Å². The summed E-state index contributed by atoms with van der Waals surface area (Å²) in [7, 11) is 0. The number of carbonyl (C=O) groups excluding carboxylic acids is 1. The molecule has 0 bridgehead atoms. The lowest BCUT2D eigenvalue weighted by Crippen LogP contribution is -2.14. The van der Waals surface area contributed by atoms with Crippen LogP contribution in [-0.4, -0.2) is 26.1 Å². The number of alkyl halides is 3. The first-order valence-corrected chi connectivity index (χ1v) is 10.5. The second-order valence-electron chi connectivity index (χ2n) is 7.73. The minimum Gasteiger partial charge on any atom is -0.324 e. The fraction of sp³-hybridized carbons (Fsp3) is 0.167. The first-order chi connectivity index (χ1) is 16.7. The molecular weight excluding hydrogens is 464 g/mol. The van der Waals surface area contributed by atoms with Crippen LogP contribution in [0.2, 0.25) is 0 Å². The number of hydrogen-bond donors (Lipinski definition) is 3. The van der Waals surface area contributed by atoms with E-state index in [1.54, 1.807) is 18.5 Å². The molecule has 7 nitrogen and oxygen atoms in total. The average molecular weight is 484 g/mol. The maximum atomic E-state index is 14.4. The van der Waals surface area contributed by atoms with Gasteiger partial charge in [0.05, 0.1) is 17.0 Å². The second-order valence-corrected chi connectivity index (χ2v) is 7.73. The highest BCUT2D eigenvalue weighted by Crippen LogP contribution is 2.29. The number of amides is 1. The molecule has 0 aliphatic rings. The molecule has 0 unspecified atom stereocenters. The highest BCUT2D eigenvalue weighted by atomic mass is 19.4. The SMILES string of the molecule is Cc1nccnc1Nc1cc(CCc2cc(NC(=O)c3cccc(C(F)(F)F)c3)ccc2F)n[nH]1. The second kappa shape index (κ2) is 9.92. The van der Waals surface area contributed by atoms with Crippen molar-refractivity contribution in [3.63, 3.8) is 0 Å². The molecule has 0 atom stereocenters. The van der Waals surface area contributed by atoms with E-state index in [0.29, 0.717) is 29.3 Å². The third-order valence-electron chi connectivity index (χ3n) is 5.17. The normalized spacial score (nSPS) is 11.3. The van der Waals surface area contributed by atoms with Crippen molar-refractivity contribution in [3.05, 3.63) is 94.8 Å². The molecule has 2 aromatic heterocycles. The molecule has 0 aliphatic heterocycles. The number of aryl methyl sites for hydroxylation is 3. The fourth-order valence-electron chi connectivity index (χ4n) is 3.36. The van der Waals surface area contributed by atoms with Crippen molar-refractivity contribution in [1.29, 1.82) is 0 Å². The van der Waals surface area contributed by atoms with E-state index in [1.165, 1.54) is 24.3 Å². The fourth-order valence-corrected chi connectivity index (χ4v) is 3.36. The number of H-pyrrole nitrogens is 1. The van der Waals surface area contributed by atoms with E-state index in [9.17, 15) is 22.4 Å². The minimum atomic E-state index is -4.56. The van der Waals surface area contributed by atoms with E-state index in [1.807, 2.05) is 6.92 Å². The van der Waals surface area contributed by atoms with Gasteiger partial charge in [0.15, 0.2) is 5.82 Å². The van der Waals surface area contributed by atoms with Crippen molar-refractivity contribution in [1.82, 2.24) is 20.2 Å². The molecule has 1 amide bonds. The molecule has 0 saturated carbocycles. The van der Waals surface area contributed by atoms with E-state index < -0.39 is 23.5 Å². The van der Waals surface area contributed by atoms with Crippen LogP contribution < -0.4 is 10.6 Å². The summed E-state index contributed by atoms with van der Waals surface area (Å²) < 4.78 is 53.1. The molecule has 4 aromatic rings. The third kappa shape index (κ3) is 5.99. The van der Waals surface area contributed by atoms with E-state index >= 15 is 0 Å². The van der Waals surface area contributed by atoms with Crippen molar-refractivity contribution in [2.45, 2.75) is 25.9 Å². The number of nitrogens with zero attached hydrogens (tertiary/aromatic N) is 3. The predicted octanol–water partition coefficient (Wildman–Crippen LogP) is 5.45. The Bertz CT molecular complexity index is 1350. The monoisotopic (exact) mass is 484 g/mol. The topological polar surface area (TPSA) is 95.6 Å². The zero-order valence-corrected chi connectivity index (χ0v) is 18.4. The van der Waals surface area contributed by atoms with Crippen molar-refractivity contribution in [2.75, 3.05) is 10.6 Å². The summed E-state index contributed by atoms with van der Waals surface area (Å²) in [4.78, 5) is 20.8. The molecule has 3 N–H and O–H groups in total. The maximum absolute atomic E-state index is 14.4. The van der Waals surface area contributed by atoms with Gasteiger partial charge >= 0.3 is 6.18 Å². The summed E-state index contributed by atoms with van der Waals surface area (Å²) in [5, 5.41) is 12.6. The molecule has 0 aliphatic carbocycles. The van der Waals surface area contributed by atoms with Gasteiger partial charge in [-0.05, 0) is 61.7 Å². The van der Waals surface area contributed by atoms with Gasteiger partial charge in [0.1, 0.15) is 11.6 Å². The van der Waals surface area contributed by atoms with Gasteiger partial charge < -0.3 is 10.6 Å². The molecule has 11 heteroatoms. The zero-order valence-electron chi connectivity index (χ0n) is 18.4. The molecule has 0 saturated heterocycles. The van der Waals surface area contributed by atoms with Crippen LogP contribution >= 0.6 is 0 Å². The van der Waals surface area contributed by atoms with Gasteiger partial charge in [0, 0.05) is 29.7 Å². The number of anilines is 3. The molecular formula is C24H20F4N6O. The summed E-state index contributed by atoms with van der Waals surface area (Å²) in [6.07, 6.45) is -0.723. The summed E-state index contributed by atoms with van der Waals surface area (Å²) in [6, 6.07) is 9.87. The number of aromatic amines is 1. The third-order valence-corrected chi connectivity index (χ3v) is 5.17. The first-order valence-electron chi connectivity index (χ1n) is 10.5. The van der Waals surface area contributed by atoms with E-state index in [0.717, 1.165) is 23.9 Å². The molecule has 0 radical (unpaired) electrons. The molecule has 2 heterocycles. The Morgan fingerprint density at radius 1 is 1.03 bits per heavy atom. The van der Waals surface area contributed by atoms with Crippen molar-refractivity contribution < 1.29 is 22.4 Å². The Labute approximate surface area is 197 Å². The van der Waals surface area contributed by atoms with Crippen LogP contribution in [0.3, 0.4) is 0 Å². The van der Waals surface area contributed by atoms with Gasteiger partial charge in [-0.3, -0.25) is 14.9 Å². The van der Waals surface area contributed by atoms with Crippen LogP contribution in [0.5, 0.6) is 0 Å². The van der Waals surface area contributed by atoms with Gasteiger partial charge in [-0.15, -0.1) is 0 Å². The van der Waals surface area contributed by atoms with Crippen molar-refractivity contribution >= 4 is 23.2 Å². The highest BCUT2D eigenvalue weighted by Gasteiger charge is 2.30. The zero-order chi connectivity index (χ0) is 25.0. The average Bonchev–Trinajstić information content (AvgIpc) is 3.28. The molecule has 2 aromatic carbocycles. The maximum Gasteiger partial charge on any atom is 0.416 e. The Morgan fingerprint density at radius 3 is 2.60 bits per heavy atom.